The Bertz CT molecular complexity index is 1070. The monoisotopic (exact) mass is 369 g/mol. The Morgan fingerprint density at radius 1 is 1.00 bits per heavy atom. The molecule has 0 aliphatic carbocycles. The van der Waals surface area contributed by atoms with Gasteiger partial charge in [0.1, 0.15) is 5.75 Å². The largest absolute Gasteiger partial charge is 0.507 e. The van der Waals surface area contributed by atoms with E-state index in [0.717, 1.165) is 22.6 Å². The molecule has 3 rings (SSSR count). The molecule has 0 saturated carbocycles. The van der Waals surface area contributed by atoms with Crippen LogP contribution in [0.15, 0.2) is 65.6 Å². The number of hydrogen-bond acceptors (Lipinski definition) is 4. The van der Waals surface area contributed by atoms with Crippen LogP contribution in [0.2, 0.25) is 0 Å². The summed E-state index contributed by atoms with van der Waals surface area (Å²) in [5.74, 6) is -0.478. The van der Waals surface area contributed by atoms with Crippen LogP contribution in [0.5, 0.6) is 5.75 Å². The minimum atomic E-state index is -3.26. The van der Waals surface area contributed by atoms with Crippen molar-refractivity contribution in [3.63, 3.8) is 0 Å². The zero-order valence-corrected chi connectivity index (χ0v) is 15.2. The van der Waals surface area contributed by atoms with Crippen molar-refractivity contribution in [1.29, 1.82) is 0 Å². The number of fused-ring (bicyclic) bond motifs is 1. The first kappa shape index (κ1) is 17.9. The second-order valence-corrected chi connectivity index (χ2v) is 8.27. The van der Waals surface area contributed by atoms with Gasteiger partial charge < -0.3 is 10.4 Å². The number of carbonyl (C=O) groups excluding carboxylic acids is 1. The van der Waals surface area contributed by atoms with Crippen LogP contribution in [0.4, 0.5) is 0 Å². The first-order valence-corrected chi connectivity index (χ1v) is 9.97. The average Bonchev–Trinajstić information content (AvgIpc) is 2.60. The molecule has 0 fully saturated rings. The number of phenols is 1. The van der Waals surface area contributed by atoms with Gasteiger partial charge in [-0.2, -0.15) is 0 Å². The number of benzene rings is 3. The molecule has 0 radical (unpaired) electrons. The first-order chi connectivity index (χ1) is 12.3. The third kappa shape index (κ3) is 3.70. The molecule has 5 nitrogen and oxygen atoms in total. The molecule has 6 heteroatoms. The molecule has 0 heterocycles. The fraction of sp³-hybridized carbons (Fsp3) is 0.150. The fourth-order valence-corrected chi connectivity index (χ4v) is 3.40. The molecule has 0 bridgehead atoms. The second-order valence-electron chi connectivity index (χ2n) is 6.25. The molecule has 3 aromatic rings. The lowest BCUT2D eigenvalue weighted by Gasteiger charge is -2.16. The molecule has 1 unspecified atom stereocenters. The van der Waals surface area contributed by atoms with Gasteiger partial charge in [0, 0.05) is 6.26 Å². The molecule has 1 amide bonds. The minimum Gasteiger partial charge on any atom is -0.507 e. The highest BCUT2D eigenvalue weighted by Gasteiger charge is 2.16. The van der Waals surface area contributed by atoms with Gasteiger partial charge in [-0.3, -0.25) is 4.79 Å². The van der Waals surface area contributed by atoms with Gasteiger partial charge in [-0.1, -0.05) is 36.4 Å². The quantitative estimate of drug-likeness (QED) is 0.738. The van der Waals surface area contributed by atoms with E-state index in [4.69, 9.17) is 0 Å². The van der Waals surface area contributed by atoms with Gasteiger partial charge in [0.05, 0.1) is 16.5 Å². The van der Waals surface area contributed by atoms with Crippen molar-refractivity contribution >= 4 is 26.5 Å². The molecule has 3 aromatic carbocycles. The number of phenolic OH excluding ortho intramolecular Hbond substituents is 1. The summed E-state index contributed by atoms with van der Waals surface area (Å²) in [4.78, 5) is 12.8. The highest BCUT2D eigenvalue weighted by Crippen LogP contribution is 2.26. The van der Waals surface area contributed by atoms with E-state index in [2.05, 4.69) is 5.32 Å². The van der Waals surface area contributed by atoms with Gasteiger partial charge >= 0.3 is 0 Å². The van der Waals surface area contributed by atoms with Crippen molar-refractivity contribution in [2.45, 2.75) is 17.9 Å². The number of aromatic hydroxyl groups is 1. The number of carbonyl (C=O) groups is 1. The topological polar surface area (TPSA) is 83.5 Å². The standard InChI is InChI=1S/C20H19NO4S/c1-13(14-7-9-17(10-8-14)26(2,24)25)21-20(23)18-11-15-5-3-4-6-16(15)12-19(18)22/h3-13,22H,1-2H3,(H,21,23). The smallest absolute Gasteiger partial charge is 0.255 e. The third-order valence-electron chi connectivity index (χ3n) is 4.26. The molecule has 0 aromatic heterocycles. The maximum atomic E-state index is 12.6. The van der Waals surface area contributed by atoms with E-state index in [-0.39, 0.29) is 22.3 Å². The van der Waals surface area contributed by atoms with Gasteiger partial charge in [0.25, 0.3) is 5.91 Å². The Balaban J connectivity index is 1.82. The van der Waals surface area contributed by atoms with Gasteiger partial charge in [-0.05, 0) is 47.5 Å². The van der Waals surface area contributed by atoms with E-state index < -0.39 is 15.7 Å². The summed E-state index contributed by atoms with van der Waals surface area (Å²) in [5.41, 5.74) is 0.967. The lowest BCUT2D eigenvalue weighted by molar-refractivity contribution is 0.0937. The van der Waals surface area contributed by atoms with E-state index in [0.29, 0.717) is 0 Å². The summed E-state index contributed by atoms with van der Waals surface area (Å²) in [7, 11) is -3.26. The molecular weight excluding hydrogens is 350 g/mol. The van der Waals surface area contributed by atoms with Crippen molar-refractivity contribution < 1.29 is 18.3 Å². The molecule has 0 spiro atoms. The SMILES string of the molecule is CC(NC(=O)c1cc2ccccc2cc1O)c1ccc(S(C)(=O)=O)cc1. The first-order valence-electron chi connectivity index (χ1n) is 8.08. The van der Waals surface area contributed by atoms with Gasteiger partial charge in [-0.15, -0.1) is 0 Å². The van der Waals surface area contributed by atoms with Crippen LogP contribution in [-0.2, 0) is 9.84 Å². The Morgan fingerprint density at radius 2 is 1.58 bits per heavy atom. The highest BCUT2D eigenvalue weighted by atomic mass is 32.2. The van der Waals surface area contributed by atoms with Gasteiger partial charge in [-0.25, -0.2) is 8.42 Å². The normalized spacial score (nSPS) is 12.7. The predicted octanol–water partition coefficient (Wildman–Crippen LogP) is 3.44. The molecular formula is C20H19NO4S. The molecule has 1 atom stereocenters. The minimum absolute atomic E-state index is 0.0826. The van der Waals surface area contributed by atoms with Crippen LogP contribution in [-0.4, -0.2) is 25.7 Å². The van der Waals surface area contributed by atoms with Crippen LogP contribution in [0, 0.1) is 0 Å². The van der Waals surface area contributed by atoms with Crippen LogP contribution < -0.4 is 5.32 Å². The Morgan fingerprint density at radius 3 is 2.15 bits per heavy atom. The van der Waals surface area contributed by atoms with E-state index >= 15 is 0 Å². The van der Waals surface area contributed by atoms with Crippen molar-refractivity contribution in [2.24, 2.45) is 0 Å². The lowest BCUT2D eigenvalue weighted by atomic mass is 10.0. The zero-order valence-electron chi connectivity index (χ0n) is 14.4. The Labute approximate surface area is 152 Å². The van der Waals surface area contributed by atoms with Crippen molar-refractivity contribution in [3.8, 4) is 5.75 Å². The molecule has 26 heavy (non-hydrogen) atoms. The fourth-order valence-electron chi connectivity index (χ4n) is 2.77. The summed E-state index contributed by atoms with van der Waals surface area (Å²) in [6, 6.07) is 16.7. The van der Waals surface area contributed by atoms with Crippen LogP contribution in [0.25, 0.3) is 10.8 Å². The zero-order chi connectivity index (χ0) is 18.9. The van der Waals surface area contributed by atoms with Gasteiger partial charge in [0.15, 0.2) is 9.84 Å². The maximum Gasteiger partial charge on any atom is 0.255 e. The summed E-state index contributed by atoms with van der Waals surface area (Å²) in [6.45, 7) is 1.80. The van der Waals surface area contributed by atoms with Crippen LogP contribution in [0.3, 0.4) is 0 Å². The number of rotatable bonds is 4. The molecule has 0 aliphatic rings. The lowest BCUT2D eigenvalue weighted by Crippen LogP contribution is -2.26. The summed E-state index contributed by atoms with van der Waals surface area (Å²) >= 11 is 0. The number of nitrogens with one attached hydrogen (secondary N) is 1. The molecule has 0 saturated heterocycles. The number of hydrogen-bond donors (Lipinski definition) is 2. The molecule has 134 valence electrons. The van der Waals surface area contributed by atoms with Crippen LogP contribution >= 0.6 is 0 Å². The number of amides is 1. The Kier molecular flexibility index (Phi) is 4.70. The van der Waals surface area contributed by atoms with Crippen molar-refractivity contribution in [3.05, 3.63) is 71.8 Å². The molecule has 0 aliphatic heterocycles. The third-order valence-corrected chi connectivity index (χ3v) is 5.39. The van der Waals surface area contributed by atoms with E-state index in [9.17, 15) is 18.3 Å². The van der Waals surface area contributed by atoms with E-state index in [1.807, 2.05) is 24.3 Å². The summed E-state index contributed by atoms with van der Waals surface area (Å²) < 4.78 is 23.0. The molecule has 2 N–H and O–H groups in total. The van der Waals surface area contributed by atoms with Gasteiger partial charge in [0.2, 0.25) is 0 Å². The van der Waals surface area contributed by atoms with Crippen molar-refractivity contribution in [1.82, 2.24) is 5.32 Å². The predicted molar refractivity (Wildman–Crippen MR) is 101 cm³/mol. The van der Waals surface area contributed by atoms with E-state index in [1.54, 1.807) is 31.2 Å². The second kappa shape index (κ2) is 6.80. The summed E-state index contributed by atoms with van der Waals surface area (Å²) in [6.07, 6.45) is 1.15. The van der Waals surface area contributed by atoms with E-state index in [1.165, 1.54) is 12.1 Å². The highest BCUT2D eigenvalue weighted by molar-refractivity contribution is 7.90. The summed E-state index contributed by atoms with van der Waals surface area (Å²) in [5, 5.41) is 14.7. The maximum absolute atomic E-state index is 12.6. The van der Waals surface area contributed by atoms with Crippen molar-refractivity contribution in [2.75, 3.05) is 6.26 Å². The average molecular weight is 369 g/mol. The number of sulfone groups is 1. The van der Waals surface area contributed by atoms with Crippen LogP contribution in [0.1, 0.15) is 28.9 Å². The Hall–Kier alpha value is -2.86.